The van der Waals surface area contributed by atoms with Gasteiger partial charge in [-0.05, 0) is 0 Å². The summed E-state index contributed by atoms with van der Waals surface area (Å²) >= 11 is 0. The number of carbonyl (C=O) groups is 1. The highest BCUT2D eigenvalue weighted by Gasteiger charge is 2.17. The highest BCUT2D eigenvalue weighted by molar-refractivity contribution is 5.65. The highest BCUT2D eigenvalue weighted by atomic mass is 19.1. The van der Waals surface area contributed by atoms with E-state index in [0.29, 0.717) is 5.56 Å². The fourth-order valence-corrected chi connectivity index (χ4v) is 1.93. The zero-order valence-electron chi connectivity index (χ0n) is 12.3. The molecule has 0 saturated carbocycles. The predicted octanol–water partition coefficient (Wildman–Crippen LogP) is 0.802. The second kappa shape index (κ2) is 7.50. The Morgan fingerprint density at radius 1 is 1.26 bits per heavy atom. The number of benzene rings is 1. The summed E-state index contributed by atoms with van der Waals surface area (Å²) in [6.45, 7) is 1.24. The van der Waals surface area contributed by atoms with Gasteiger partial charge in [0, 0.05) is 12.5 Å². The molecule has 0 amide bonds. The number of nitrogens with one attached hydrogen (secondary N) is 1. The molecule has 8 heteroatoms. The standard InChI is InChI=1S/C15H15FN2O5/c1-10(19)22-7-8-23-14(11-5-3-2-4-6-11)18-9-12(16)13(20)17-15(18)21/h2-6,9,14H,7-8H2,1H3,(H,17,20,21). The van der Waals surface area contributed by atoms with Crippen LogP contribution in [0, 0.1) is 5.82 Å². The number of esters is 1. The molecule has 0 aliphatic carbocycles. The summed E-state index contributed by atoms with van der Waals surface area (Å²) in [5.74, 6) is -1.56. The Morgan fingerprint density at radius 3 is 2.61 bits per heavy atom. The van der Waals surface area contributed by atoms with E-state index in [1.165, 1.54) is 6.92 Å². The van der Waals surface area contributed by atoms with E-state index >= 15 is 0 Å². The third-order valence-corrected chi connectivity index (χ3v) is 2.93. The summed E-state index contributed by atoms with van der Waals surface area (Å²) in [7, 11) is 0. The third-order valence-electron chi connectivity index (χ3n) is 2.93. The van der Waals surface area contributed by atoms with Crippen LogP contribution in [-0.4, -0.2) is 28.7 Å². The van der Waals surface area contributed by atoms with Crippen LogP contribution >= 0.6 is 0 Å². The Hall–Kier alpha value is -2.74. The van der Waals surface area contributed by atoms with Gasteiger partial charge in [-0.15, -0.1) is 0 Å². The van der Waals surface area contributed by atoms with Gasteiger partial charge < -0.3 is 9.47 Å². The number of H-pyrrole nitrogens is 1. The molecule has 1 atom stereocenters. The summed E-state index contributed by atoms with van der Waals surface area (Å²) in [6.07, 6.45) is -0.185. The van der Waals surface area contributed by atoms with Crippen molar-refractivity contribution < 1.29 is 18.7 Å². The molecular formula is C15H15FN2O5. The van der Waals surface area contributed by atoms with Gasteiger partial charge in [0.25, 0.3) is 5.56 Å². The number of aromatic amines is 1. The van der Waals surface area contributed by atoms with Gasteiger partial charge in [0.2, 0.25) is 5.82 Å². The van der Waals surface area contributed by atoms with Crippen molar-refractivity contribution in [2.24, 2.45) is 0 Å². The molecule has 0 radical (unpaired) electrons. The predicted molar refractivity (Wildman–Crippen MR) is 78.4 cm³/mol. The number of rotatable bonds is 6. The molecule has 0 aliphatic heterocycles. The molecular weight excluding hydrogens is 307 g/mol. The molecule has 1 heterocycles. The average Bonchev–Trinajstić information content (AvgIpc) is 2.52. The third kappa shape index (κ3) is 4.36. The van der Waals surface area contributed by atoms with Crippen molar-refractivity contribution in [2.75, 3.05) is 13.2 Å². The first kappa shape index (κ1) is 16.6. The minimum atomic E-state index is -1.10. The number of halogens is 1. The highest BCUT2D eigenvalue weighted by Crippen LogP contribution is 2.17. The first-order valence-corrected chi connectivity index (χ1v) is 6.80. The van der Waals surface area contributed by atoms with Gasteiger partial charge in [-0.1, -0.05) is 30.3 Å². The van der Waals surface area contributed by atoms with E-state index in [1.54, 1.807) is 30.3 Å². The number of carbonyl (C=O) groups excluding carboxylic acids is 1. The minimum absolute atomic E-state index is 0.00761. The molecule has 1 aromatic heterocycles. The van der Waals surface area contributed by atoms with Crippen LogP contribution in [-0.2, 0) is 14.3 Å². The zero-order chi connectivity index (χ0) is 16.8. The van der Waals surface area contributed by atoms with Crippen LogP contribution < -0.4 is 11.2 Å². The Morgan fingerprint density at radius 2 is 1.96 bits per heavy atom. The van der Waals surface area contributed by atoms with Gasteiger partial charge in [0.05, 0.1) is 12.8 Å². The van der Waals surface area contributed by atoms with Crippen molar-refractivity contribution in [3.63, 3.8) is 0 Å². The molecule has 23 heavy (non-hydrogen) atoms. The molecule has 1 N–H and O–H groups in total. The maximum absolute atomic E-state index is 13.5. The zero-order valence-corrected chi connectivity index (χ0v) is 12.3. The fraction of sp³-hybridized carbons (Fsp3) is 0.267. The number of ether oxygens (including phenoxy) is 2. The molecule has 0 bridgehead atoms. The number of nitrogens with zero attached hydrogens (tertiary/aromatic N) is 1. The van der Waals surface area contributed by atoms with Crippen LogP contribution in [0.5, 0.6) is 0 Å². The molecule has 2 rings (SSSR count). The molecule has 122 valence electrons. The first-order chi connectivity index (χ1) is 11.0. The Labute approximate surface area is 130 Å². The Kier molecular flexibility index (Phi) is 5.42. The van der Waals surface area contributed by atoms with Gasteiger partial charge in [0.15, 0.2) is 6.23 Å². The van der Waals surface area contributed by atoms with E-state index in [9.17, 15) is 18.8 Å². The lowest BCUT2D eigenvalue weighted by Gasteiger charge is -2.20. The lowest BCUT2D eigenvalue weighted by Crippen LogP contribution is -2.35. The van der Waals surface area contributed by atoms with Crippen LogP contribution in [0.15, 0.2) is 46.1 Å². The lowest BCUT2D eigenvalue weighted by molar-refractivity contribution is -0.143. The first-order valence-electron chi connectivity index (χ1n) is 6.80. The van der Waals surface area contributed by atoms with Crippen molar-refractivity contribution in [1.82, 2.24) is 9.55 Å². The van der Waals surface area contributed by atoms with E-state index in [1.807, 2.05) is 4.98 Å². The molecule has 0 aliphatic rings. The quantitative estimate of drug-likeness (QED) is 0.627. The summed E-state index contributed by atoms with van der Waals surface area (Å²) in [6, 6.07) is 8.60. The molecule has 2 aromatic rings. The van der Waals surface area contributed by atoms with E-state index < -0.39 is 29.3 Å². The van der Waals surface area contributed by atoms with Crippen LogP contribution in [0.1, 0.15) is 18.7 Å². The average molecular weight is 322 g/mol. The van der Waals surface area contributed by atoms with Gasteiger partial charge in [-0.3, -0.25) is 19.1 Å². The molecule has 0 fully saturated rings. The summed E-state index contributed by atoms with van der Waals surface area (Å²) in [5.41, 5.74) is -1.33. The van der Waals surface area contributed by atoms with E-state index in [-0.39, 0.29) is 13.2 Å². The SMILES string of the molecule is CC(=O)OCCOC(c1ccccc1)n1cc(F)c(=O)[nH]c1=O. The summed E-state index contributed by atoms with van der Waals surface area (Å²) in [4.78, 5) is 35.7. The summed E-state index contributed by atoms with van der Waals surface area (Å²) in [5, 5.41) is 0. The van der Waals surface area contributed by atoms with Crippen LogP contribution in [0.3, 0.4) is 0 Å². The van der Waals surface area contributed by atoms with Crippen LogP contribution in [0.4, 0.5) is 4.39 Å². The normalized spacial score (nSPS) is 11.9. The van der Waals surface area contributed by atoms with E-state index in [2.05, 4.69) is 0 Å². The van der Waals surface area contributed by atoms with Gasteiger partial charge in [0.1, 0.15) is 6.61 Å². The van der Waals surface area contributed by atoms with Gasteiger partial charge in [-0.2, -0.15) is 4.39 Å². The second-order valence-corrected chi connectivity index (χ2v) is 4.62. The maximum atomic E-state index is 13.5. The molecule has 1 unspecified atom stereocenters. The topological polar surface area (TPSA) is 90.4 Å². The molecule has 7 nitrogen and oxygen atoms in total. The fourth-order valence-electron chi connectivity index (χ4n) is 1.93. The number of hydrogen-bond acceptors (Lipinski definition) is 5. The second-order valence-electron chi connectivity index (χ2n) is 4.62. The largest absolute Gasteiger partial charge is 0.463 e. The van der Waals surface area contributed by atoms with Crippen molar-refractivity contribution in [2.45, 2.75) is 13.2 Å². The van der Waals surface area contributed by atoms with Crippen LogP contribution in [0.2, 0.25) is 0 Å². The molecule has 0 saturated heterocycles. The van der Waals surface area contributed by atoms with Gasteiger partial charge >= 0.3 is 11.7 Å². The smallest absolute Gasteiger partial charge is 0.330 e. The maximum Gasteiger partial charge on any atom is 0.330 e. The minimum Gasteiger partial charge on any atom is -0.463 e. The number of hydrogen-bond donors (Lipinski definition) is 1. The van der Waals surface area contributed by atoms with E-state index in [0.717, 1.165) is 10.8 Å². The lowest BCUT2D eigenvalue weighted by atomic mass is 10.2. The number of aromatic nitrogens is 2. The van der Waals surface area contributed by atoms with Crippen molar-refractivity contribution >= 4 is 5.97 Å². The Bertz CT molecular complexity index is 784. The van der Waals surface area contributed by atoms with Crippen molar-refractivity contribution in [1.29, 1.82) is 0 Å². The van der Waals surface area contributed by atoms with Crippen molar-refractivity contribution in [3.8, 4) is 0 Å². The monoisotopic (exact) mass is 322 g/mol. The Balaban J connectivity index is 2.30. The molecule has 1 aromatic carbocycles. The molecule has 0 spiro atoms. The van der Waals surface area contributed by atoms with E-state index in [4.69, 9.17) is 9.47 Å². The van der Waals surface area contributed by atoms with Crippen molar-refractivity contribution in [3.05, 3.63) is 68.7 Å². The van der Waals surface area contributed by atoms with Crippen LogP contribution in [0.25, 0.3) is 0 Å². The van der Waals surface area contributed by atoms with Gasteiger partial charge in [-0.25, -0.2) is 4.79 Å². The summed E-state index contributed by atoms with van der Waals surface area (Å²) < 4.78 is 24.7.